The number of benzene rings is 1. The lowest BCUT2D eigenvalue weighted by Crippen LogP contribution is -2.38. The number of thiazole rings is 1. The molecule has 1 aliphatic heterocycles. The molecule has 1 fully saturated rings. The fraction of sp³-hybridized carbons (Fsp3) is 0.500. The van der Waals surface area contributed by atoms with Crippen molar-refractivity contribution < 1.29 is 18.1 Å². The van der Waals surface area contributed by atoms with Gasteiger partial charge in [-0.2, -0.15) is 0 Å². The van der Waals surface area contributed by atoms with Crippen molar-refractivity contribution in [3.8, 4) is 0 Å². The van der Waals surface area contributed by atoms with Crippen molar-refractivity contribution >= 4 is 32.5 Å². The highest BCUT2D eigenvalue weighted by Gasteiger charge is 2.33. The summed E-state index contributed by atoms with van der Waals surface area (Å²) in [5.41, 5.74) is 0.790. The normalized spacial score (nSPS) is 18.3. The van der Waals surface area contributed by atoms with E-state index in [1.165, 1.54) is 23.5 Å². The lowest BCUT2D eigenvalue weighted by molar-refractivity contribution is -0.387. The van der Waals surface area contributed by atoms with Crippen LogP contribution in [0.25, 0.3) is 0 Å². The van der Waals surface area contributed by atoms with Gasteiger partial charge in [0.2, 0.25) is 0 Å². The first-order valence-corrected chi connectivity index (χ1v) is 11.6. The quantitative estimate of drug-likeness (QED) is 0.547. The van der Waals surface area contributed by atoms with Crippen molar-refractivity contribution in [2.24, 2.45) is 0 Å². The second-order valence-electron chi connectivity index (χ2n) is 7.78. The van der Waals surface area contributed by atoms with Gasteiger partial charge in [-0.1, -0.05) is 26.8 Å². The molecular formula is C18H23N3O5S2. The first-order chi connectivity index (χ1) is 13.0. The van der Waals surface area contributed by atoms with Crippen LogP contribution in [0.4, 0.5) is 11.4 Å². The second kappa shape index (κ2) is 7.41. The number of nitro groups is 1. The number of nitro benzene ring substituents is 1. The Balaban J connectivity index is 1.95. The predicted octanol–water partition coefficient (Wildman–Crippen LogP) is 3.33. The van der Waals surface area contributed by atoms with E-state index in [0.29, 0.717) is 19.7 Å². The highest BCUT2D eigenvalue weighted by Crippen LogP contribution is 2.37. The molecule has 1 saturated heterocycles. The standard InChI is InChI=1S/C18H23N3O5S2/c1-18(2,3)15-11-27-17(19-15)13-10-20(8-9-26-13)12-6-5-7-14(28(4,24)25)16(12)21(22)23/h5-7,11,13H,8-10H2,1-4H3. The van der Waals surface area contributed by atoms with E-state index in [0.717, 1.165) is 17.0 Å². The van der Waals surface area contributed by atoms with Gasteiger partial charge in [0, 0.05) is 23.6 Å². The third-order valence-corrected chi connectivity index (χ3v) is 6.60. The van der Waals surface area contributed by atoms with Crippen molar-refractivity contribution in [3.63, 3.8) is 0 Å². The largest absolute Gasteiger partial charge is 0.367 e. The summed E-state index contributed by atoms with van der Waals surface area (Å²) in [7, 11) is -3.73. The average Bonchev–Trinajstić information content (AvgIpc) is 3.11. The average molecular weight is 426 g/mol. The number of sulfone groups is 1. The highest BCUT2D eigenvalue weighted by molar-refractivity contribution is 7.90. The van der Waals surface area contributed by atoms with Gasteiger partial charge >= 0.3 is 5.69 Å². The van der Waals surface area contributed by atoms with Crippen molar-refractivity contribution in [2.75, 3.05) is 30.9 Å². The van der Waals surface area contributed by atoms with Crippen LogP contribution in [0, 0.1) is 10.1 Å². The van der Waals surface area contributed by atoms with Crippen molar-refractivity contribution in [1.82, 2.24) is 4.98 Å². The maximum atomic E-state index is 12.0. The first kappa shape index (κ1) is 20.7. The molecule has 152 valence electrons. The van der Waals surface area contributed by atoms with E-state index in [1.54, 1.807) is 11.0 Å². The number of nitrogens with zero attached hydrogens (tertiary/aromatic N) is 3. The highest BCUT2D eigenvalue weighted by atomic mass is 32.2. The lowest BCUT2D eigenvalue weighted by Gasteiger charge is -2.33. The van der Waals surface area contributed by atoms with Gasteiger partial charge in [-0.05, 0) is 12.1 Å². The monoisotopic (exact) mass is 425 g/mol. The SMILES string of the molecule is CC(C)(C)c1csc(C2CN(c3cccc(S(C)(=O)=O)c3[N+](=O)[O-])CCO2)n1. The zero-order valence-electron chi connectivity index (χ0n) is 16.2. The Labute approximate surface area is 168 Å². The molecule has 0 radical (unpaired) electrons. The van der Waals surface area contributed by atoms with E-state index >= 15 is 0 Å². The second-order valence-corrected chi connectivity index (χ2v) is 10.7. The van der Waals surface area contributed by atoms with Crippen LogP contribution in [-0.4, -0.2) is 44.3 Å². The molecule has 0 bridgehead atoms. The summed E-state index contributed by atoms with van der Waals surface area (Å²) in [6, 6.07) is 4.38. The van der Waals surface area contributed by atoms with Gasteiger partial charge in [0.05, 0.1) is 23.8 Å². The molecule has 0 N–H and O–H groups in total. The Morgan fingerprint density at radius 3 is 2.64 bits per heavy atom. The van der Waals surface area contributed by atoms with Crippen molar-refractivity contribution in [3.05, 3.63) is 44.4 Å². The Morgan fingerprint density at radius 1 is 1.36 bits per heavy atom. The predicted molar refractivity (Wildman–Crippen MR) is 108 cm³/mol. The molecule has 0 aliphatic carbocycles. The summed E-state index contributed by atoms with van der Waals surface area (Å²) < 4.78 is 29.9. The molecule has 0 saturated carbocycles. The maximum absolute atomic E-state index is 12.0. The fourth-order valence-corrected chi connectivity index (χ4v) is 4.99. The van der Waals surface area contributed by atoms with Crippen LogP contribution in [0.3, 0.4) is 0 Å². The summed E-state index contributed by atoms with van der Waals surface area (Å²) in [5, 5.41) is 14.5. The summed E-state index contributed by atoms with van der Waals surface area (Å²) in [5.74, 6) is 0. The number of rotatable bonds is 4. The van der Waals surface area contributed by atoms with Gasteiger partial charge in [-0.3, -0.25) is 10.1 Å². The van der Waals surface area contributed by atoms with Gasteiger partial charge in [0.15, 0.2) is 9.84 Å². The van der Waals surface area contributed by atoms with Crippen LogP contribution in [0.2, 0.25) is 0 Å². The number of aromatic nitrogens is 1. The number of para-hydroxylation sites is 1. The Hall–Kier alpha value is -2.04. The number of morpholine rings is 1. The fourth-order valence-electron chi connectivity index (χ4n) is 3.05. The molecule has 0 amide bonds. The van der Waals surface area contributed by atoms with E-state index in [1.807, 2.05) is 5.38 Å². The van der Waals surface area contributed by atoms with Crippen molar-refractivity contribution in [1.29, 1.82) is 0 Å². The van der Waals surface area contributed by atoms with Crippen LogP contribution >= 0.6 is 11.3 Å². The van der Waals surface area contributed by atoms with E-state index in [2.05, 4.69) is 25.8 Å². The molecule has 1 aromatic carbocycles. The molecule has 1 aromatic heterocycles. The maximum Gasteiger partial charge on any atom is 0.311 e. The van der Waals surface area contributed by atoms with Crippen LogP contribution < -0.4 is 4.90 Å². The van der Waals surface area contributed by atoms with Gasteiger partial charge in [0.1, 0.15) is 21.7 Å². The van der Waals surface area contributed by atoms with Crippen LogP contribution in [0.5, 0.6) is 0 Å². The van der Waals surface area contributed by atoms with Crippen LogP contribution in [-0.2, 0) is 20.0 Å². The minimum atomic E-state index is -3.73. The van der Waals surface area contributed by atoms with Gasteiger partial charge in [0.25, 0.3) is 0 Å². The van der Waals surface area contributed by atoms with E-state index in [4.69, 9.17) is 4.74 Å². The Morgan fingerprint density at radius 2 is 2.07 bits per heavy atom. The molecule has 0 spiro atoms. The summed E-state index contributed by atoms with van der Waals surface area (Å²) in [6.07, 6.45) is 0.654. The summed E-state index contributed by atoms with van der Waals surface area (Å²) in [4.78, 5) is 17.3. The number of ether oxygens (including phenoxy) is 1. The van der Waals surface area contributed by atoms with Crippen molar-refractivity contribution in [2.45, 2.75) is 37.2 Å². The topological polar surface area (TPSA) is 103 Å². The molecule has 8 nitrogen and oxygen atoms in total. The minimum Gasteiger partial charge on any atom is -0.367 e. The molecular weight excluding hydrogens is 402 g/mol. The van der Waals surface area contributed by atoms with Gasteiger partial charge < -0.3 is 9.64 Å². The Bertz CT molecular complexity index is 995. The first-order valence-electron chi connectivity index (χ1n) is 8.78. The van der Waals surface area contributed by atoms with Gasteiger partial charge in [-0.15, -0.1) is 11.3 Å². The number of hydrogen-bond donors (Lipinski definition) is 0. The van der Waals surface area contributed by atoms with E-state index in [-0.39, 0.29) is 27.8 Å². The molecule has 1 unspecified atom stereocenters. The number of hydrogen-bond acceptors (Lipinski definition) is 8. The molecule has 2 aromatic rings. The third-order valence-electron chi connectivity index (χ3n) is 4.53. The van der Waals surface area contributed by atoms with Gasteiger partial charge in [-0.25, -0.2) is 13.4 Å². The molecule has 1 atom stereocenters. The molecule has 10 heteroatoms. The smallest absolute Gasteiger partial charge is 0.311 e. The van der Waals surface area contributed by atoms with E-state index < -0.39 is 14.8 Å². The molecule has 28 heavy (non-hydrogen) atoms. The summed E-state index contributed by atoms with van der Waals surface area (Å²) in [6.45, 7) is 7.42. The van der Waals surface area contributed by atoms with Crippen LogP contribution in [0.15, 0.2) is 28.5 Å². The lowest BCUT2D eigenvalue weighted by atomic mass is 9.93. The molecule has 1 aliphatic rings. The minimum absolute atomic E-state index is 0.0777. The molecule has 2 heterocycles. The van der Waals surface area contributed by atoms with Crippen LogP contribution in [0.1, 0.15) is 37.6 Å². The molecule has 3 rings (SSSR count). The zero-order valence-corrected chi connectivity index (χ0v) is 17.8. The third kappa shape index (κ3) is 4.18. The summed E-state index contributed by atoms with van der Waals surface area (Å²) >= 11 is 1.51. The van der Waals surface area contributed by atoms with E-state index in [9.17, 15) is 18.5 Å². The Kier molecular flexibility index (Phi) is 5.48. The zero-order chi connectivity index (χ0) is 20.7. The number of anilines is 1.